The van der Waals surface area contributed by atoms with Gasteiger partial charge in [-0.3, -0.25) is 15.0 Å². The second-order valence-electron chi connectivity index (χ2n) is 6.28. The predicted molar refractivity (Wildman–Crippen MR) is 79.2 cm³/mol. The van der Waals surface area contributed by atoms with Crippen LogP contribution in [0.1, 0.15) is 33.6 Å². The number of nitrogens with one attached hydrogen (secondary N) is 2. The van der Waals surface area contributed by atoms with Crippen molar-refractivity contribution in [2.24, 2.45) is 17.6 Å². The number of carbonyl (C=O) groups excluding carboxylic acids is 2. The molecule has 1 fully saturated rings. The summed E-state index contributed by atoms with van der Waals surface area (Å²) in [7, 11) is 0. The predicted octanol–water partition coefficient (Wildman–Crippen LogP) is 0.527. The molecule has 2 atom stereocenters. The van der Waals surface area contributed by atoms with Crippen LogP contribution in [0.2, 0.25) is 0 Å². The van der Waals surface area contributed by atoms with Crippen LogP contribution in [0.4, 0.5) is 4.79 Å². The van der Waals surface area contributed by atoms with E-state index in [1.54, 1.807) is 0 Å². The first kappa shape index (κ1) is 16.9. The Morgan fingerprint density at radius 2 is 2.05 bits per heavy atom. The summed E-state index contributed by atoms with van der Waals surface area (Å²) >= 11 is 0. The van der Waals surface area contributed by atoms with Gasteiger partial charge in [0.2, 0.25) is 5.91 Å². The third kappa shape index (κ3) is 6.86. The fourth-order valence-electron chi connectivity index (χ4n) is 2.53. The van der Waals surface area contributed by atoms with E-state index in [0.29, 0.717) is 24.9 Å². The molecule has 4 N–H and O–H groups in total. The van der Waals surface area contributed by atoms with Crippen LogP contribution >= 0.6 is 0 Å². The van der Waals surface area contributed by atoms with E-state index < -0.39 is 6.03 Å². The fourth-order valence-corrected chi connectivity index (χ4v) is 2.53. The maximum atomic E-state index is 11.8. The Morgan fingerprint density at radius 1 is 1.35 bits per heavy atom. The molecular formula is C14H28N4O2. The van der Waals surface area contributed by atoms with Crippen molar-refractivity contribution in [2.75, 3.05) is 26.2 Å². The largest absolute Gasteiger partial charge is 0.338 e. The van der Waals surface area contributed by atoms with Gasteiger partial charge in [0.1, 0.15) is 0 Å². The third-order valence-corrected chi connectivity index (χ3v) is 3.40. The molecule has 2 unspecified atom stereocenters. The number of urea groups is 1. The number of rotatable bonds is 5. The van der Waals surface area contributed by atoms with Crippen molar-refractivity contribution >= 4 is 11.9 Å². The van der Waals surface area contributed by atoms with Gasteiger partial charge in [-0.1, -0.05) is 20.8 Å². The summed E-state index contributed by atoms with van der Waals surface area (Å²) in [5.74, 6) is 0.752. The molecule has 1 aliphatic heterocycles. The first-order valence-electron chi connectivity index (χ1n) is 7.42. The van der Waals surface area contributed by atoms with Crippen molar-refractivity contribution < 1.29 is 9.59 Å². The zero-order chi connectivity index (χ0) is 15.1. The van der Waals surface area contributed by atoms with E-state index in [-0.39, 0.29) is 18.5 Å². The van der Waals surface area contributed by atoms with E-state index in [4.69, 9.17) is 5.73 Å². The van der Waals surface area contributed by atoms with Crippen molar-refractivity contribution in [3.05, 3.63) is 0 Å². The molecule has 0 aromatic rings. The van der Waals surface area contributed by atoms with Crippen LogP contribution in [0.25, 0.3) is 0 Å². The summed E-state index contributed by atoms with van der Waals surface area (Å²) in [6.45, 7) is 8.69. The van der Waals surface area contributed by atoms with Gasteiger partial charge in [-0.15, -0.1) is 0 Å². The molecule has 0 aromatic heterocycles. The lowest BCUT2D eigenvalue weighted by molar-refractivity contribution is -0.121. The summed E-state index contributed by atoms with van der Waals surface area (Å²) < 4.78 is 0. The maximum absolute atomic E-state index is 11.8. The maximum Gasteiger partial charge on any atom is 0.321 e. The molecule has 0 spiro atoms. The first-order chi connectivity index (χ1) is 9.36. The van der Waals surface area contributed by atoms with E-state index in [9.17, 15) is 9.59 Å². The smallest absolute Gasteiger partial charge is 0.321 e. The molecule has 0 aliphatic carbocycles. The Labute approximate surface area is 121 Å². The number of imide groups is 1. The summed E-state index contributed by atoms with van der Waals surface area (Å²) in [4.78, 5) is 25.3. The fraction of sp³-hybridized carbons (Fsp3) is 0.857. The van der Waals surface area contributed by atoms with E-state index in [2.05, 4.69) is 31.4 Å². The summed E-state index contributed by atoms with van der Waals surface area (Å²) in [6, 6.07) is -0.295. The highest BCUT2D eigenvalue weighted by Crippen LogP contribution is 2.14. The van der Waals surface area contributed by atoms with Crippen LogP contribution < -0.4 is 16.4 Å². The zero-order valence-corrected chi connectivity index (χ0v) is 12.8. The molecular weight excluding hydrogens is 256 g/mol. The second-order valence-corrected chi connectivity index (χ2v) is 6.28. The topological polar surface area (TPSA) is 87.5 Å². The van der Waals surface area contributed by atoms with Crippen LogP contribution in [0, 0.1) is 11.8 Å². The van der Waals surface area contributed by atoms with Gasteiger partial charge < -0.3 is 11.1 Å². The van der Waals surface area contributed by atoms with Gasteiger partial charge in [0.25, 0.3) is 0 Å². The average molecular weight is 284 g/mol. The molecule has 1 rings (SSSR count). The van der Waals surface area contributed by atoms with Crippen LogP contribution in [-0.2, 0) is 4.79 Å². The minimum atomic E-state index is -0.412. The third-order valence-electron chi connectivity index (χ3n) is 3.40. The lowest BCUT2D eigenvalue weighted by Crippen LogP contribution is -2.51. The quantitative estimate of drug-likeness (QED) is 0.687. The number of amides is 3. The summed E-state index contributed by atoms with van der Waals surface area (Å²) in [5.41, 5.74) is 5.93. The standard InChI is InChI=1S/C14H28N4O2/c1-10(2)4-5-16-14(20)17-13(19)9-18-7-11(3)6-12(15)8-18/h10-12H,4-9,15H2,1-3H3,(H2,16,17,19,20). The molecule has 1 heterocycles. The molecule has 1 saturated heterocycles. The average Bonchev–Trinajstić information content (AvgIpc) is 2.25. The Morgan fingerprint density at radius 3 is 2.65 bits per heavy atom. The molecule has 0 radical (unpaired) electrons. The molecule has 6 nitrogen and oxygen atoms in total. The number of hydrogen-bond donors (Lipinski definition) is 3. The van der Waals surface area contributed by atoms with Crippen molar-refractivity contribution in [2.45, 2.75) is 39.7 Å². The minimum absolute atomic E-state index is 0.117. The highest BCUT2D eigenvalue weighted by atomic mass is 16.2. The van der Waals surface area contributed by atoms with Crippen molar-refractivity contribution in [1.29, 1.82) is 0 Å². The Balaban J connectivity index is 2.23. The first-order valence-corrected chi connectivity index (χ1v) is 7.42. The monoisotopic (exact) mass is 284 g/mol. The number of piperidine rings is 1. The van der Waals surface area contributed by atoms with Gasteiger partial charge in [-0.2, -0.15) is 0 Å². The van der Waals surface area contributed by atoms with E-state index >= 15 is 0 Å². The highest BCUT2D eigenvalue weighted by Gasteiger charge is 2.23. The van der Waals surface area contributed by atoms with E-state index in [1.807, 2.05) is 4.90 Å². The van der Waals surface area contributed by atoms with Gasteiger partial charge in [-0.05, 0) is 24.7 Å². The van der Waals surface area contributed by atoms with Gasteiger partial charge in [0.15, 0.2) is 0 Å². The van der Waals surface area contributed by atoms with E-state index in [1.165, 1.54) is 0 Å². The Kier molecular flexibility index (Phi) is 6.95. The highest BCUT2D eigenvalue weighted by molar-refractivity contribution is 5.95. The lowest BCUT2D eigenvalue weighted by atomic mass is 9.97. The number of nitrogens with zero attached hydrogens (tertiary/aromatic N) is 1. The van der Waals surface area contributed by atoms with Crippen molar-refractivity contribution in [3.63, 3.8) is 0 Å². The number of likely N-dealkylation sites (tertiary alicyclic amines) is 1. The van der Waals surface area contributed by atoms with Crippen LogP contribution in [-0.4, -0.2) is 49.1 Å². The normalized spacial score (nSPS) is 23.6. The minimum Gasteiger partial charge on any atom is -0.338 e. The van der Waals surface area contributed by atoms with Crippen LogP contribution in [0.3, 0.4) is 0 Å². The molecule has 0 aromatic carbocycles. The van der Waals surface area contributed by atoms with Crippen molar-refractivity contribution in [3.8, 4) is 0 Å². The van der Waals surface area contributed by atoms with Gasteiger partial charge in [0, 0.05) is 25.7 Å². The molecule has 3 amide bonds. The van der Waals surface area contributed by atoms with Gasteiger partial charge >= 0.3 is 6.03 Å². The lowest BCUT2D eigenvalue weighted by Gasteiger charge is -2.34. The Bertz CT molecular complexity index is 323. The van der Waals surface area contributed by atoms with Gasteiger partial charge in [-0.25, -0.2) is 4.79 Å². The SMILES string of the molecule is CC(C)CCNC(=O)NC(=O)CN1CC(C)CC(N)C1. The number of nitrogens with two attached hydrogens (primary N) is 1. The summed E-state index contributed by atoms with van der Waals surface area (Å²) in [5, 5.41) is 5.04. The van der Waals surface area contributed by atoms with Crippen molar-refractivity contribution in [1.82, 2.24) is 15.5 Å². The Hall–Kier alpha value is -1.14. The van der Waals surface area contributed by atoms with Crippen LogP contribution in [0.5, 0.6) is 0 Å². The number of hydrogen-bond acceptors (Lipinski definition) is 4. The van der Waals surface area contributed by atoms with Gasteiger partial charge in [0.05, 0.1) is 6.54 Å². The zero-order valence-electron chi connectivity index (χ0n) is 12.8. The summed E-state index contributed by atoms with van der Waals surface area (Å²) in [6.07, 6.45) is 1.90. The number of carbonyl (C=O) groups is 2. The molecule has 0 bridgehead atoms. The molecule has 20 heavy (non-hydrogen) atoms. The van der Waals surface area contributed by atoms with Crippen LogP contribution in [0.15, 0.2) is 0 Å². The molecule has 116 valence electrons. The van der Waals surface area contributed by atoms with E-state index in [0.717, 1.165) is 19.4 Å². The molecule has 0 saturated carbocycles. The molecule has 1 aliphatic rings. The second kappa shape index (κ2) is 8.21. The molecule has 6 heteroatoms.